The number of benzene rings is 3. The maximum Gasteiger partial charge on any atom is 0.244 e. The third-order valence-electron chi connectivity index (χ3n) is 5.62. The molecule has 3 aromatic carbocycles. The van der Waals surface area contributed by atoms with Gasteiger partial charge in [-0.3, -0.25) is 4.79 Å². The molecule has 1 fully saturated rings. The molecule has 0 unspecified atom stereocenters. The fourth-order valence-electron chi connectivity index (χ4n) is 4.12. The van der Waals surface area contributed by atoms with Crippen LogP contribution in [0.2, 0.25) is 0 Å². The van der Waals surface area contributed by atoms with Crippen molar-refractivity contribution in [2.45, 2.75) is 11.8 Å². The number of aromatic nitrogens is 2. The Kier molecular flexibility index (Phi) is 4.21. The third kappa shape index (κ3) is 3.10. The highest BCUT2D eigenvalue weighted by Crippen LogP contribution is 2.58. The number of H-pyrrole nitrogens is 1. The van der Waals surface area contributed by atoms with Crippen molar-refractivity contribution in [3.63, 3.8) is 0 Å². The first kappa shape index (κ1) is 17.4. The molecule has 5 heteroatoms. The van der Waals surface area contributed by atoms with Crippen LogP contribution in [-0.4, -0.2) is 22.1 Å². The smallest absolute Gasteiger partial charge is 0.244 e. The predicted octanol–water partition coefficient (Wildman–Crippen LogP) is 4.02. The SMILES string of the molecule is O=C(N/N=C/c1nc2ccccc2[nH]1)[C@@H]1CC1(c1ccccc1)c1ccccc1. The summed E-state index contributed by atoms with van der Waals surface area (Å²) in [7, 11) is 0. The van der Waals surface area contributed by atoms with Crippen LogP contribution in [0.15, 0.2) is 90.0 Å². The molecule has 2 N–H and O–H groups in total. The van der Waals surface area contributed by atoms with Gasteiger partial charge in [0.1, 0.15) is 0 Å². The minimum atomic E-state index is -0.290. The maximum absolute atomic E-state index is 12.9. The van der Waals surface area contributed by atoms with Crippen LogP contribution < -0.4 is 5.43 Å². The summed E-state index contributed by atoms with van der Waals surface area (Å²) in [5, 5.41) is 4.13. The molecule has 1 heterocycles. The second-order valence-electron chi connectivity index (χ2n) is 7.33. The number of hydrogen-bond donors (Lipinski definition) is 2. The minimum Gasteiger partial charge on any atom is -0.337 e. The number of rotatable bonds is 5. The quantitative estimate of drug-likeness (QED) is 0.406. The predicted molar refractivity (Wildman–Crippen MR) is 114 cm³/mol. The number of nitrogens with zero attached hydrogens (tertiary/aromatic N) is 2. The molecule has 5 rings (SSSR count). The molecule has 1 atom stereocenters. The fraction of sp³-hybridized carbons (Fsp3) is 0.125. The second kappa shape index (κ2) is 7.02. The van der Waals surface area contributed by atoms with E-state index in [0.717, 1.165) is 28.6 Å². The lowest BCUT2D eigenvalue weighted by atomic mass is 9.85. The van der Waals surface area contributed by atoms with Gasteiger partial charge in [0, 0.05) is 5.41 Å². The molecule has 1 aromatic heterocycles. The van der Waals surface area contributed by atoms with E-state index in [1.54, 1.807) is 6.21 Å². The van der Waals surface area contributed by atoms with Gasteiger partial charge in [-0.25, -0.2) is 10.4 Å². The molecule has 0 saturated heterocycles. The largest absolute Gasteiger partial charge is 0.337 e. The molecule has 1 aliphatic rings. The Morgan fingerprint density at radius 3 is 2.24 bits per heavy atom. The van der Waals surface area contributed by atoms with Crippen molar-refractivity contribution in [3.05, 3.63) is 102 Å². The second-order valence-corrected chi connectivity index (χ2v) is 7.33. The number of carbonyl (C=O) groups excluding carboxylic acids is 1. The first-order chi connectivity index (χ1) is 14.3. The number of para-hydroxylation sites is 2. The van der Waals surface area contributed by atoms with E-state index >= 15 is 0 Å². The standard InChI is InChI=1S/C24H20N4O/c29-23(28-25-16-22-26-20-13-7-8-14-21(20)27-22)19-15-24(19,17-9-3-1-4-10-17)18-11-5-2-6-12-18/h1-14,16,19H,15H2,(H,26,27)(H,28,29)/b25-16+/t19-/m0/s1. The van der Waals surface area contributed by atoms with E-state index in [4.69, 9.17) is 0 Å². The Morgan fingerprint density at radius 2 is 1.59 bits per heavy atom. The lowest BCUT2D eigenvalue weighted by Crippen LogP contribution is -2.25. The number of hydrogen-bond acceptors (Lipinski definition) is 3. The van der Waals surface area contributed by atoms with Crippen LogP contribution in [-0.2, 0) is 10.2 Å². The number of amides is 1. The van der Waals surface area contributed by atoms with Crippen LogP contribution in [0.1, 0.15) is 23.4 Å². The summed E-state index contributed by atoms with van der Waals surface area (Å²) in [5.41, 5.74) is 6.54. The van der Waals surface area contributed by atoms with Crippen molar-refractivity contribution in [1.82, 2.24) is 15.4 Å². The van der Waals surface area contributed by atoms with Crippen molar-refractivity contribution >= 4 is 23.2 Å². The van der Waals surface area contributed by atoms with Crippen molar-refractivity contribution < 1.29 is 4.79 Å². The molecule has 1 amide bonds. The van der Waals surface area contributed by atoms with E-state index in [-0.39, 0.29) is 17.2 Å². The molecular formula is C24H20N4O. The molecule has 0 bridgehead atoms. The monoisotopic (exact) mass is 380 g/mol. The third-order valence-corrected chi connectivity index (χ3v) is 5.62. The fourth-order valence-corrected chi connectivity index (χ4v) is 4.12. The van der Waals surface area contributed by atoms with Gasteiger partial charge in [0.25, 0.3) is 0 Å². The summed E-state index contributed by atoms with van der Waals surface area (Å²) in [6, 6.07) is 28.2. The van der Waals surface area contributed by atoms with Crippen LogP contribution in [0.25, 0.3) is 11.0 Å². The first-order valence-corrected chi connectivity index (χ1v) is 9.66. The highest BCUT2D eigenvalue weighted by Gasteiger charge is 2.60. The van der Waals surface area contributed by atoms with Gasteiger partial charge < -0.3 is 4.98 Å². The lowest BCUT2D eigenvalue weighted by Gasteiger charge is -2.18. The number of carbonyl (C=O) groups is 1. The number of imidazole rings is 1. The highest BCUT2D eigenvalue weighted by molar-refractivity contribution is 5.88. The van der Waals surface area contributed by atoms with E-state index in [9.17, 15) is 4.79 Å². The Labute approximate surface area is 168 Å². The molecule has 4 aromatic rings. The summed E-state index contributed by atoms with van der Waals surface area (Å²) < 4.78 is 0. The van der Waals surface area contributed by atoms with Gasteiger partial charge in [-0.1, -0.05) is 72.8 Å². The minimum absolute atomic E-state index is 0.0786. The van der Waals surface area contributed by atoms with E-state index in [2.05, 4.69) is 44.8 Å². The van der Waals surface area contributed by atoms with Gasteiger partial charge in [0.05, 0.1) is 23.2 Å². The van der Waals surface area contributed by atoms with Crippen LogP contribution in [0.3, 0.4) is 0 Å². The Balaban J connectivity index is 1.35. The Morgan fingerprint density at radius 1 is 0.966 bits per heavy atom. The molecule has 1 aliphatic carbocycles. The van der Waals surface area contributed by atoms with Gasteiger partial charge >= 0.3 is 0 Å². The van der Waals surface area contributed by atoms with Gasteiger partial charge in [-0.15, -0.1) is 0 Å². The molecular weight excluding hydrogens is 360 g/mol. The van der Waals surface area contributed by atoms with Gasteiger partial charge in [0.2, 0.25) is 5.91 Å². The zero-order valence-electron chi connectivity index (χ0n) is 15.7. The van der Waals surface area contributed by atoms with Crippen LogP contribution in [0.4, 0.5) is 0 Å². The van der Waals surface area contributed by atoms with Crippen LogP contribution >= 0.6 is 0 Å². The highest BCUT2D eigenvalue weighted by atomic mass is 16.2. The number of aromatic amines is 1. The average molecular weight is 380 g/mol. The molecule has 0 aliphatic heterocycles. The summed E-state index contributed by atoms with van der Waals surface area (Å²) in [5.74, 6) is 0.380. The van der Waals surface area contributed by atoms with Crippen LogP contribution in [0, 0.1) is 5.92 Å². The maximum atomic E-state index is 12.9. The molecule has 1 saturated carbocycles. The van der Waals surface area contributed by atoms with E-state index in [0.29, 0.717) is 5.82 Å². The van der Waals surface area contributed by atoms with Crippen LogP contribution in [0.5, 0.6) is 0 Å². The topological polar surface area (TPSA) is 70.1 Å². The van der Waals surface area contributed by atoms with Gasteiger partial charge in [0.15, 0.2) is 5.82 Å². The van der Waals surface area contributed by atoms with E-state index in [1.165, 1.54) is 0 Å². The zero-order chi connectivity index (χ0) is 19.7. The van der Waals surface area contributed by atoms with Crippen molar-refractivity contribution in [3.8, 4) is 0 Å². The lowest BCUT2D eigenvalue weighted by molar-refractivity contribution is -0.122. The summed E-state index contributed by atoms with van der Waals surface area (Å²) in [6.45, 7) is 0. The zero-order valence-corrected chi connectivity index (χ0v) is 15.7. The molecule has 29 heavy (non-hydrogen) atoms. The first-order valence-electron chi connectivity index (χ1n) is 9.66. The van der Waals surface area contributed by atoms with Gasteiger partial charge in [-0.05, 0) is 29.7 Å². The summed E-state index contributed by atoms with van der Waals surface area (Å²) in [4.78, 5) is 20.5. The number of nitrogens with one attached hydrogen (secondary N) is 2. The normalized spacial score (nSPS) is 17.4. The number of fused-ring (bicyclic) bond motifs is 1. The van der Waals surface area contributed by atoms with Crippen molar-refractivity contribution in [2.24, 2.45) is 11.0 Å². The summed E-state index contributed by atoms with van der Waals surface area (Å²) in [6.07, 6.45) is 2.32. The Hall–Kier alpha value is -3.73. The average Bonchev–Trinajstić information content (AvgIpc) is 3.41. The molecule has 142 valence electrons. The van der Waals surface area contributed by atoms with Crippen molar-refractivity contribution in [2.75, 3.05) is 0 Å². The van der Waals surface area contributed by atoms with Crippen molar-refractivity contribution in [1.29, 1.82) is 0 Å². The summed E-state index contributed by atoms with van der Waals surface area (Å²) >= 11 is 0. The van der Waals surface area contributed by atoms with E-state index < -0.39 is 0 Å². The van der Waals surface area contributed by atoms with E-state index in [1.807, 2.05) is 60.7 Å². The molecule has 0 spiro atoms. The number of hydrazone groups is 1. The van der Waals surface area contributed by atoms with Gasteiger partial charge in [-0.2, -0.15) is 5.10 Å². The molecule has 0 radical (unpaired) electrons. The Bertz CT molecular complexity index is 1110. The molecule has 5 nitrogen and oxygen atoms in total.